The van der Waals surface area contributed by atoms with Gasteiger partial charge in [-0.1, -0.05) is 22.0 Å². The van der Waals surface area contributed by atoms with Crippen LogP contribution in [0.4, 0.5) is 4.39 Å². The van der Waals surface area contributed by atoms with Crippen molar-refractivity contribution >= 4 is 21.8 Å². The summed E-state index contributed by atoms with van der Waals surface area (Å²) in [6.45, 7) is 4.03. The Morgan fingerprint density at radius 2 is 2.32 bits per heavy atom. The van der Waals surface area contributed by atoms with Gasteiger partial charge in [0.15, 0.2) is 0 Å². The van der Waals surface area contributed by atoms with E-state index in [9.17, 15) is 9.18 Å². The molecule has 1 atom stereocenters. The molecule has 1 saturated heterocycles. The molecule has 1 aliphatic heterocycles. The molecule has 1 aliphatic rings. The van der Waals surface area contributed by atoms with Gasteiger partial charge in [-0.15, -0.1) is 0 Å². The lowest BCUT2D eigenvalue weighted by molar-refractivity contribution is -0.127. The van der Waals surface area contributed by atoms with Gasteiger partial charge in [0, 0.05) is 42.1 Å². The summed E-state index contributed by atoms with van der Waals surface area (Å²) in [6, 6.07) is 5.21. The molecule has 0 bridgehead atoms. The van der Waals surface area contributed by atoms with Crippen LogP contribution in [-0.4, -0.2) is 29.9 Å². The molecule has 0 aliphatic carbocycles. The number of benzene rings is 1. The van der Waals surface area contributed by atoms with E-state index >= 15 is 0 Å². The average Bonchev–Trinajstić information content (AvgIpc) is 2.74. The maximum absolute atomic E-state index is 13.6. The summed E-state index contributed by atoms with van der Waals surface area (Å²) >= 11 is 3.24. The molecular weight excluding hydrogens is 311 g/mol. The van der Waals surface area contributed by atoms with Gasteiger partial charge in [-0.3, -0.25) is 4.79 Å². The van der Waals surface area contributed by atoms with Crippen LogP contribution in [0.3, 0.4) is 0 Å². The number of amides is 1. The van der Waals surface area contributed by atoms with Gasteiger partial charge in [0.25, 0.3) is 0 Å². The number of carbonyl (C=O) groups is 1. The number of likely N-dealkylation sites (tertiary alicyclic amines) is 1. The third-order valence-corrected chi connectivity index (χ3v) is 3.81. The van der Waals surface area contributed by atoms with E-state index in [2.05, 4.69) is 21.2 Å². The molecule has 1 unspecified atom stereocenters. The number of hydrogen-bond acceptors (Lipinski definition) is 2. The first-order valence-electron chi connectivity index (χ1n) is 6.51. The first-order valence-corrected chi connectivity index (χ1v) is 7.30. The Labute approximate surface area is 121 Å². The molecule has 1 amide bonds. The largest absolute Gasteiger partial charge is 0.341 e. The van der Waals surface area contributed by atoms with Crippen molar-refractivity contribution in [3.8, 4) is 0 Å². The van der Waals surface area contributed by atoms with Crippen LogP contribution in [0.2, 0.25) is 0 Å². The molecule has 0 saturated carbocycles. The lowest BCUT2D eigenvalue weighted by atomic mass is 10.2. The van der Waals surface area contributed by atoms with Crippen LogP contribution >= 0.6 is 15.9 Å². The van der Waals surface area contributed by atoms with Gasteiger partial charge in [0.05, 0.1) is 0 Å². The van der Waals surface area contributed by atoms with Crippen molar-refractivity contribution in [2.75, 3.05) is 13.1 Å². The summed E-state index contributed by atoms with van der Waals surface area (Å²) < 4.78 is 14.4. The summed E-state index contributed by atoms with van der Waals surface area (Å²) in [5.41, 5.74) is 0.641. The third kappa shape index (κ3) is 4.01. The predicted molar refractivity (Wildman–Crippen MR) is 76.2 cm³/mol. The van der Waals surface area contributed by atoms with E-state index in [0.717, 1.165) is 17.4 Å². The molecular formula is C14H18BrFN2O. The quantitative estimate of drug-likeness (QED) is 0.901. The summed E-state index contributed by atoms with van der Waals surface area (Å²) in [7, 11) is 0. The molecule has 19 heavy (non-hydrogen) atoms. The SMILES string of the molecule is CC(CN1CCCC1=O)NCc1ccc(Br)cc1F. The number of nitrogens with one attached hydrogen (secondary N) is 1. The Hall–Kier alpha value is -0.940. The molecule has 0 aromatic heterocycles. The van der Waals surface area contributed by atoms with E-state index in [1.165, 1.54) is 6.07 Å². The number of halogens is 2. The molecule has 1 heterocycles. The molecule has 5 heteroatoms. The monoisotopic (exact) mass is 328 g/mol. The molecule has 104 valence electrons. The van der Waals surface area contributed by atoms with Crippen molar-refractivity contribution in [2.24, 2.45) is 0 Å². The van der Waals surface area contributed by atoms with Gasteiger partial charge < -0.3 is 10.2 Å². The van der Waals surface area contributed by atoms with Crippen molar-refractivity contribution in [2.45, 2.75) is 32.4 Å². The van der Waals surface area contributed by atoms with E-state index in [1.54, 1.807) is 6.07 Å². The molecule has 1 N–H and O–H groups in total. The lowest BCUT2D eigenvalue weighted by Gasteiger charge is -2.21. The Balaban J connectivity index is 1.82. The van der Waals surface area contributed by atoms with Crippen LogP contribution < -0.4 is 5.32 Å². The van der Waals surface area contributed by atoms with Crippen molar-refractivity contribution < 1.29 is 9.18 Å². The summed E-state index contributed by atoms with van der Waals surface area (Å²) in [4.78, 5) is 13.4. The predicted octanol–water partition coefficient (Wildman–Crippen LogP) is 2.69. The van der Waals surface area contributed by atoms with E-state index in [0.29, 0.717) is 25.1 Å². The van der Waals surface area contributed by atoms with Crippen LogP contribution in [0.5, 0.6) is 0 Å². The van der Waals surface area contributed by atoms with Gasteiger partial charge >= 0.3 is 0 Å². The Morgan fingerprint density at radius 1 is 1.53 bits per heavy atom. The van der Waals surface area contributed by atoms with Crippen molar-refractivity contribution in [3.05, 3.63) is 34.1 Å². The van der Waals surface area contributed by atoms with Gasteiger partial charge in [-0.25, -0.2) is 4.39 Å². The standard InChI is InChI=1S/C14H18BrFN2O/c1-10(9-18-6-2-3-14(18)19)17-8-11-4-5-12(15)7-13(11)16/h4-5,7,10,17H,2-3,6,8-9H2,1H3. The first-order chi connectivity index (χ1) is 9.06. The van der Waals surface area contributed by atoms with Crippen molar-refractivity contribution in [1.29, 1.82) is 0 Å². The molecule has 0 radical (unpaired) electrons. The van der Waals surface area contributed by atoms with Gasteiger partial charge in [-0.05, 0) is 25.5 Å². The van der Waals surface area contributed by atoms with E-state index in [4.69, 9.17) is 0 Å². The Bertz CT molecular complexity index is 467. The van der Waals surface area contributed by atoms with Crippen LogP contribution in [0.1, 0.15) is 25.3 Å². The number of rotatable bonds is 5. The number of hydrogen-bond donors (Lipinski definition) is 1. The van der Waals surface area contributed by atoms with Gasteiger partial charge in [0.1, 0.15) is 5.82 Å². The van der Waals surface area contributed by atoms with Crippen LogP contribution in [0, 0.1) is 5.82 Å². The highest BCUT2D eigenvalue weighted by Gasteiger charge is 2.21. The molecule has 1 aromatic carbocycles. The fraction of sp³-hybridized carbons (Fsp3) is 0.500. The summed E-state index contributed by atoms with van der Waals surface area (Å²) in [6.07, 6.45) is 1.61. The fourth-order valence-electron chi connectivity index (χ4n) is 2.24. The van der Waals surface area contributed by atoms with Crippen LogP contribution in [0.15, 0.2) is 22.7 Å². The maximum atomic E-state index is 13.6. The highest BCUT2D eigenvalue weighted by molar-refractivity contribution is 9.10. The molecule has 0 spiro atoms. The fourth-order valence-corrected chi connectivity index (χ4v) is 2.57. The normalized spacial score (nSPS) is 17.0. The zero-order valence-electron chi connectivity index (χ0n) is 11.0. The van der Waals surface area contributed by atoms with E-state index in [1.807, 2.05) is 17.9 Å². The van der Waals surface area contributed by atoms with Gasteiger partial charge in [-0.2, -0.15) is 0 Å². The van der Waals surface area contributed by atoms with Crippen molar-refractivity contribution in [1.82, 2.24) is 10.2 Å². The van der Waals surface area contributed by atoms with Gasteiger partial charge in [0.2, 0.25) is 5.91 Å². The van der Waals surface area contributed by atoms with Crippen LogP contribution in [0.25, 0.3) is 0 Å². The molecule has 1 aromatic rings. The topological polar surface area (TPSA) is 32.3 Å². The van der Waals surface area contributed by atoms with E-state index in [-0.39, 0.29) is 17.8 Å². The smallest absolute Gasteiger partial charge is 0.222 e. The average molecular weight is 329 g/mol. The molecule has 2 rings (SSSR count). The summed E-state index contributed by atoms with van der Waals surface area (Å²) in [5, 5.41) is 3.26. The van der Waals surface area contributed by atoms with Crippen LogP contribution in [-0.2, 0) is 11.3 Å². The second-order valence-electron chi connectivity index (χ2n) is 4.96. The number of carbonyl (C=O) groups excluding carboxylic acids is 1. The highest BCUT2D eigenvalue weighted by atomic mass is 79.9. The first kappa shape index (κ1) is 14.5. The highest BCUT2D eigenvalue weighted by Crippen LogP contribution is 2.15. The second-order valence-corrected chi connectivity index (χ2v) is 5.88. The third-order valence-electron chi connectivity index (χ3n) is 3.32. The minimum absolute atomic E-state index is 0.157. The minimum atomic E-state index is -0.216. The minimum Gasteiger partial charge on any atom is -0.341 e. The summed E-state index contributed by atoms with van der Waals surface area (Å²) in [5.74, 6) is 0.00907. The number of nitrogens with zero attached hydrogens (tertiary/aromatic N) is 1. The zero-order valence-corrected chi connectivity index (χ0v) is 12.5. The molecule has 3 nitrogen and oxygen atoms in total. The Kier molecular flexibility index (Phi) is 4.93. The maximum Gasteiger partial charge on any atom is 0.222 e. The zero-order chi connectivity index (χ0) is 13.8. The second kappa shape index (κ2) is 6.48. The van der Waals surface area contributed by atoms with Crippen molar-refractivity contribution in [3.63, 3.8) is 0 Å². The van der Waals surface area contributed by atoms with E-state index < -0.39 is 0 Å². The Morgan fingerprint density at radius 3 is 2.95 bits per heavy atom. The molecule has 1 fully saturated rings. The lowest BCUT2D eigenvalue weighted by Crippen LogP contribution is -2.39.